The van der Waals surface area contributed by atoms with E-state index >= 15 is 0 Å². The third-order valence-corrected chi connectivity index (χ3v) is 2.90. The first-order valence-electron chi connectivity index (χ1n) is 7.09. The molecule has 0 saturated heterocycles. The predicted octanol–water partition coefficient (Wildman–Crippen LogP) is 2.62. The summed E-state index contributed by atoms with van der Waals surface area (Å²) in [6.45, 7) is 1.69. The standard InChI is InChI=1S/C16H21N3O3/c1-20-14-6-2-5-13(11-14)19-16(17)18-8-4-9-21-12-15-7-3-10-22-15/h2-3,5-7,10-11H,4,8-9,12H2,1H3,(H3,17,18,19). The summed E-state index contributed by atoms with van der Waals surface area (Å²) in [4.78, 5) is 4.25. The van der Waals surface area contributed by atoms with Gasteiger partial charge in [0.15, 0.2) is 5.96 Å². The van der Waals surface area contributed by atoms with Crippen LogP contribution in [0.2, 0.25) is 0 Å². The highest BCUT2D eigenvalue weighted by Gasteiger charge is 1.98. The van der Waals surface area contributed by atoms with Crippen LogP contribution in [-0.2, 0) is 11.3 Å². The molecule has 1 heterocycles. The lowest BCUT2D eigenvalue weighted by Crippen LogP contribution is -2.23. The number of aliphatic imine (C=N–C) groups is 1. The van der Waals surface area contributed by atoms with Crippen molar-refractivity contribution in [2.75, 3.05) is 25.6 Å². The van der Waals surface area contributed by atoms with E-state index in [1.165, 1.54) is 0 Å². The molecule has 0 spiro atoms. The van der Waals surface area contributed by atoms with Gasteiger partial charge in [0.1, 0.15) is 18.1 Å². The van der Waals surface area contributed by atoms with Crippen molar-refractivity contribution >= 4 is 11.6 Å². The maximum absolute atomic E-state index is 5.83. The quantitative estimate of drug-likeness (QED) is 0.445. The van der Waals surface area contributed by atoms with Crippen LogP contribution in [0.15, 0.2) is 52.1 Å². The highest BCUT2D eigenvalue weighted by atomic mass is 16.5. The van der Waals surface area contributed by atoms with E-state index < -0.39 is 0 Å². The lowest BCUT2D eigenvalue weighted by molar-refractivity contribution is 0.105. The van der Waals surface area contributed by atoms with Crippen molar-refractivity contribution in [3.8, 4) is 5.75 Å². The smallest absolute Gasteiger partial charge is 0.193 e. The van der Waals surface area contributed by atoms with Gasteiger partial charge < -0.3 is 24.9 Å². The van der Waals surface area contributed by atoms with Crippen molar-refractivity contribution in [3.63, 3.8) is 0 Å². The van der Waals surface area contributed by atoms with Crippen LogP contribution < -0.4 is 15.8 Å². The summed E-state index contributed by atoms with van der Waals surface area (Å²) in [5.74, 6) is 1.96. The second-order valence-electron chi connectivity index (χ2n) is 4.61. The Kier molecular flexibility index (Phi) is 6.32. The monoisotopic (exact) mass is 303 g/mol. The van der Waals surface area contributed by atoms with Crippen LogP contribution in [0.3, 0.4) is 0 Å². The zero-order valence-electron chi connectivity index (χ0n) is 12.6. The highest BCUT2D eigenvalue weighted by Crippen LogP contribution is 2.16. The number of nitrogens with zero attached hydrogens (tertiary/aromatic N) is 1. The minimum atomic E-state index is 0.374. The fourth-order valence-electron chi connectivity index (χ4n) is 1.82. The summed E-state index contributed by atoms with van der Waals surface area (Å²) in [6.07, 6.45) is 2.43. The molecular weight excluding hydrogens is 282 g/mol. The van der Waals surface area contributed by atoms with Crippen molar-refractivity contribution in [1.29, 1.82) is 0 Å². The molecule has 0 aliphatic carbocycles. The van der Waals surface area contributed by atoms with Crippen LogP contribution in [0.4, 0.5) is 5.69 Å². The van der Waals surface area contributed by atoms with Gasteiger partial charge in [0.05, 0.1) is 13.4 Å². The van der Waals surface area contributed by atoms with Crippen molar-refractivity contribution in [2.45, 2.75) is 13.0 Å². The number of ether oxygens (including phenoxy) is 2. The Morgan fingerprint density at radius 3 is 3.00 bits per heavy atom. The summed E-state index contributed by atoms with van der Waals surface area (Å²) in [7, 11) is 1.62. The van der Waals surface area contributed by atoms with E-state index in [2.05, 4.69) is 10.3 Å². The lowest BCUT2D eigenvalue weighted by atomic mass is 10.3. The number of nitrogens with two attached hydrogens (primary N) is 1. The average Bonchev–Trinajstić information content (AvgIpc) is 3.04. The number of rotatable bonds is 8. The Bertz CT molecular complexity index is 582. The van der Waals surface area contributed by atoms with Crippen LogP contribution >= 0.6 is 0 Å². The number of methoxy groups -OCH3 is 1. The second kappa shape index (κ2) is 8.74. The third kappa shape index (κ3) is 5.49. The van der Waals surface area contributed by atoms with Gasteiger partial charge in [-0.05, 0) is 30.7 Å². The van der Waals surface area contributed by atoms with Crippen molar-refractivity contribution in [3.05, 3.63) is 48.4 Å². The fraction of sp³-hybridized carbons (Fsp3) is 0.312. The Labute approximate surface area is 129 Å². The first-order chi connectivity index (χ1) is 10.8. The van der Waals surface area contributed by atoms with Crippen LogP contribution in [0, 0.1) is 0 Å². The maximum atomic E-state index is 5.83. The normalized spacial score (nSPS) is 11.4. The number of furan rings is 1. The molecule has 3 N–H and O–H groups in total. The van der Waals surface area contributed by atoms with Gasteiger partial charge in [0.25, 0.3) is 0 Å². The minimum absolute atomic E-state index is 0.374. The molecule has 0 bridgehead atoms. The molecule has 2 aromatic rings. The predicted molar refractivity (Wildman–Crippen MR) is 86.1 cm³/mol. The van der Waals surface area contributed by atoms with E-state index in [0.717, 1.165) is 23.6 Å². The molecule has 6 heteroatoms. The van der Waals surface area contributed by atoms with Gasteiger partial charge in [-0.1, -0.05) is 6.07 Å². The van der Waals surface area contributed by atoms with E-state index in [4.69, 9.17) is 19.6 Å². The molecule has 2 rings (SSSR count). The fourth-order valence-corrected chi connectivity index (χ4v) is 1.82. The number of hydrogen-bond donors (Lipinski definition) is 2. The van der Waals surface area contributed by atoms with Crippen molar-refractivity contribution < 1.29 is 13.9 Å². The Hall–Kier alpha value is -2.47. The van der Waals surface area contributed by atoms with Gasteiger partial charge >= 0.3 is 0 Å². The van der Waals surface area contributed by atoms with Gasteiger partial charge in [-0.15, -0.1) is 0 Å². The van der Waals surface area contributed by atoms with Gasteiger partial charge in [0, 0.05) is 24.9 Å². The Morgan fingerprint density at radius 2 is 2.23 bits per heavy atom. The molecule has 1 aromatic carbocycles. The molecule has 1 aromatic heterocycles. The highest BCUT2D eigenvalue weighted by molar-refractivity contribution is 5.92. The Morgan fingerprint density at radius 1 is 1.32 bits per heavy atom. The first kappa shape index (κ1) is 15.9. The maximum Gasteiger partial charge on any atom is 0.193 e. The molecule has 0 amide bonds. The van der Waals surface area contributed by atoms with E-state index in [1.54, 1.807) is 13.4 Å². The summed E-state index contributed by atoms with van der Waals surface area (Å²) < 4.78 is 15.8. The van der Waals surface area contributed by atoms with E-state index in [9.17, 15) is 0 Å². The van der Waals surface area contributed by atoms with Gasteiger partial charge in [-0.3, -0.25) is 4.99 Å². The zero-order valence-corrected chi connectivity index (χ0v) is 12.6. The van der Waals surface area contributed by atoms with Gasteiger partial charge in [0.2, 0.25) is 0 Å². The van der Waals surface area contributed by atoms with Gasteiger partial charge in [-0.2, -0.15) is 0 Å². The first-order valence-corrected chi connectivity index (χ1v) is 7.09. The van der Waals surface area contributed by atoms with Crippen LogP contribution in [0.1, 0.15) is 12.2 Å². The number of benzene rings is 1. The molecular formula is C16H21N3O3. The molecule has 0 unspecified atom stereocenters. The molecule has 0 saturated carbocycles. The molecule has 0 radical (unpaired) electrons. The SMILES string of the molecule is COc1cccc(NC(N)=NCCCOCc2ccco2)c1. The van der Waals surface area contributed by atoms with Crippen LogP contribution in [0.25, 0.3) is 0 Å². The molecule has 0 fully saturated rings. The van der Waals surface area contributed by atoms with E-state index in [1.807, 2.05) is 36.4 Å². The number of guanidine groups is 1. The number of hydrogen-bond acceptors (Lipinski definition) is 4. The average molecular weight is 303 g/mol. The van der Waals surface area contributed by atoms with E-state index in [-0.39, 0.29) is 0 Å². The van der Waals surface area contributed by atoms with Gasteiger partial charge in [-0.25, -0.2) is 0 Å². The molecule has 0 atom stereocenters. The third-order valence-electron chi connectivity index (χ3n) is 2.90. The minimum Gasteiger partial charge on any atom is -0.497 e. The topological polar surface area (TPSA) is 82.0 Å². The summed E-state index contributed by atoms with van der Waals surface area (Å²) in [5, 5.41) is 3.02. The summed E-state index contributed by atoms with van der Waals surface area (Å²) in [5.41, 5.74) is 6.67. The summed E-state index contributed by atoms with van der Waals surface area (Å²) in [6, 6.07) is 11.2. The van der Waals surface area contributed by atoms with Crippen molar-refractivity contribution in [1.82, 2.24) is 0 Å². The summed E-state index contributed by atoms with van der Waals surface area (Å²) >= 11 is 0. The molecule has 0 aliphatic heterocycles. The lowest BCUT2D eigenvalue weighted by Gasteiger charge is -2.07. The zero-order chi connectivity index (χ0) is 15.6. The van der Waals surface area contributed by atoms with Crippen molar-refractivity contribution in [2.24, 2.45) is 10.7 Å². The van der Waals surface area contributed by atoms with Crippen LogP contribution in [0.5, 0.6) is 5.75 Å². The largest absolute Gasteiger partial charge is 0.497 e. The molecule has 118 valence electrons. The number of nitrogens with one attached hydrogen (secondary N) is 1. The molecule has 0 aliphatic rings. The Balaban J connectivity index is 1.64. The molecule has 6 nitrogen and oxygen atoms in total. The van der Waals surface area contributed by atoms with E-state index in [0.29, 0.717) is 25.7 Å². The molecule has 22 heavy (non-hydrogen) atoms. The number of anilines is 1. The van der Waals surface area contributed by atoms with Crippen LogP contribution in [-0.4, -0.2) is 26.2 Å². The second-order valence-corrected chi connectivity index (χ2v) is 4.61.